The first-order valence-electron chi connectivity index (χ1n) is 4.60. The molecule has 0 unspecified atom stereocenters. The van der Waals surface area contributed by atoms with Crippen LogP contribution in [0.2, 0.25) is 0 Å². The van der Waals surface area contributed by atoms with Crippen molar-refractivity contribution >= 4 is 12.6 Å². The van der Waals surface area contributed by atoms with Crippen LogP contribution < -0.4 is 5.53 Å². The van der Waals surface area contributed by atoms with Crippen LogP contribution in [-0.4, -0.2) is 29.7 Å². The van der Waals surface area contributed by atoms with Crippen LogP contribution >= 0.6 is 0 Å². The lowest BCUT2D eigenvalue weighted by atomic mass is 9.90. The van der Waals surface area contributed by atoms with Crippen LogP contribution in [0.3, 0.4) is 0 Å². The first-order valence-corrected chi connectivity index (χ1v) is 4.60. The average Bonchev–Trinajstić information content (AvgIpc) is 2.38. The second-order valence-corrected chi connectivity index (χ2v) is 4.46. The van der Waals surface area contributed by atoms with Crippen molar-refractivity contribution in [3.05, 3.63) is 11.4 Å². The van der Waals surface area contributed by atoms with Gasteiger partial charge in [0.05, 0.1) is 11.9 Å². The highest BCUT2D eigenvalue weighted by Gasteiger charge is 2.33. The molecule has 0 saturated carbocycles. The third-order valence-corrected chi connectivity index (χ3v) is 2.19. The maximum atomic E-state index is 4.11. The summed E-state index contributed by atoms with van der Waals surface area (Å²) >= 11 is 0. The monoisotopic (exact) mass is 193 g/mol. The van der Waals surface area contributed by atoms with E-state index in [2.05, 4.69) is 36.4 Å². The molecule has 0 fully saturated rings. The Morgan fingerprint density at radius 1 is 1.36 bits per heavy atom. The number of allylic oxidation sites excluding steroid dienone is 2. The van der Waals surface area contributed by atoms with Crippen molar-refractivity contribution in [2.45, 2.75) is 20.8 Å². The summed E-state index contributed by atoms with van der Waals surface area (Å²) in [7, 11) is 1.98. The van der Waals surface area contributed by atoms with Gasteiger partial charge in [0.15, 0.2) is 0 Å². The van der Waals surface area contributed by atoms with Gasteiger partial charge in [-0.1, -0.05) is 20.8 Å². The Labute approximate surface area is 83.7 Å². The van der Waals surface area contributed by atoms with Crippen molar-refractivity contribution < 1.29 is 0 Å². The molecular formula is C9H15N5. The SMILES string of the molecule is CN1NN2N=CN=CC2=C1C(C)(C)C. The Morgan fingerprint density at radius 2 is 2.07 bits per heavy atom. The maximum Gasteiger partial charge on any atom is 0.137 e. The van der Waals surface area contributed by atoms with Gasteiger partial charge in [-0.15, -0.1) is 10.6 Å². The molecule has 0 bridgehead atoms. The van der Waals surface area contributed by atoms with Gasteiger partial charge in [-0.2, -0.15) is 5.12 Å². The van der Waals surface area contributed by atoms with E-state index in [1.165, 1.54) is 12.0 Å². The lowest BCUT2D eigenvalue weighted by Crippen LogP contribution is -2.38. The Bertz CT molecular complexity index is 334. The molecule has 1 N–H and O–H groups in total. The van der Waals surface area contributed by atoms with E-state index in [0.29, 0.717) is 0 Å². The molecule has 0 amide bonds. The molecule has 0 atom stereocenters. The molecule has 5 nitrogen and oxygen atoms in total. The molecule has 0 radical (unpaired) electrons. The Morgan fingerprint density at radius 3 is 2.71 bits per heavy atom. The predicted octanol–water partition coefficient (Wildman–Crippen LogP) is 0.939. The molecule has 0 aromatic rings. The summed E-state index contributed by atoms with van der Waals surface area (Å²) in [6.07, 6.45) is 3.35. The number of aliphatic imine (C=N–C) groups is 1. The number of nitrogens with one attached hydrogen (secondary N) is 1. The summed E-state index contributed by atoms with van der Waals surface area (Å²) in [4.78, 5) is 4.04. The molecule has 76 valence electrons. The van der Waals surface area contributed by atoms with Gasteiger partial charge in [0.2, 0.25) is 0 Å². The van der Waals surface area contributed by atoms with Crippen molar-refractivity contribution in [1.82, 2.24) is 15.7 Å². The van der Waals surface area contributed by atoms with Crippen LogP contribution in [0.1, 0.15) is 20.8 Å². The second-order valence-electron chi connectivity index (χ2n) is 4.46. The Kier molecular flexibility index (Phi) is 1.85. The highest BCUT2D eigenvalue weighted by molar-refractivity contribution is 5.87. The van der Waals surface area contributed by atoms with Crippen LogP contribution in [0, 0.1) is 5.41 Å². The molecule has 2 rings (SSSR count). The molecule has 2 aliphatic heterocycles. The smallest absolute Gasteiger partial charge is 0.137 e. The molecule has 2 heterocycles. The van der Waals surface area contributed by atoms with E-state index >= 15 is 0 Å². The van der Waals surface area contributed by atoms with E-state index in [-0.39, 0.29) is 5.41 Å². The van der Waals surface area contributed by atoms with E-state index < -0.39 is 0 Å². The lowest BCUT2D eigenvalue weighted by Gasteiger charge is -2.26. The number of nitrogens with zero attached hydrogens (tertiary/aromatic N) is 4. The summed E-state index contributed by atoms with van der Waals surface area (Å²) in [6, 6.07) is 0. The summed E-state index contributed by atoms with van der Waals surface area (Å²) in [6.45, 7) is 6.51. The zero-order chi connectivity index (χ0) is 10.3. The normalized spacial score (nSPS) is 20.9. The van der Waals surface area contributed by atoms with Gasteiger partial charge >= 0.3 is 0 Å². The van der Waals surface area contributed by atoms with Gasteiger partial charge in [-0.05, 0) is 0 Å². The van der Waals surface area contributed by atoms with Crippen molar-refractivity contribution in [2.75, 3.05) is 7.05 Å². The first-order chi connectivity index (χ1) is 6.50. The van der Waals surface area contributed by atoms with Gasteiger partial charge in [0.1, 0.15) is 12.0 Å². The van der Waals surface area contributed by atoms with Gasteiger partial charge in [-0.3, -0.25) is 5.01 Å². The van der Waals surface area contributed by atoms with E-state index in [1.54, 1.807) is 5.12 Å². The minimum atomic E-state index is 0.0741. The summed E-state index contributed by atoms with van der Waals surface area (Å²) in [5.74, 6) is 0. The van der Waals surface area contributed by atoms with Crippen LogP contribution in [0.5, 0.6) is 0 Å². The van der Waals surface area contributed by atoms with Crippen molar-refractivity contribution in [3.63, 3.8) is 0 Å². The zero-order valence-corrected chi connectivity index (χ0v) is 8.94. The van der Waals surface area contributed by atoms with Gasteiger partial charge < -0.3 is 0 Å². The molecule has 0 aromatic heterocycles. The quantitative estimate of drug-likeness (QED) is 0.622. The molecule has 0 saturated heterocycles. The minimum absolute atomic E-state index is 0.0741. The highest BCUT2D eigenvalue weighted by Crippen LogP contribution is 2.33. The topological polar surface area (TPSA) is 43.2 Å². The maximum absolute atomic E-state index is 4.11. The molecule has 0 spiro atoms. The van der Waals surface area contributed by atoms with Crippen LogP contribution in [0.25, 0.3) is 0 Å². The standard InChI is InChI=1S/C9H15N5/c1-9(2,3)8-7-5-10-6-11-14(7)12-13(8)4/h5-6,12H,1-4H3. The van der Waals surface area contributed by atoms with Crippen molar-refractivity contribution in [2.24, 2.45) is 15.5 Å². The number of rotatable bonds is 0. The first kappa shape index (κ1) is 9.21. The second kappa shape index (κ2) is 2.81. The average molecular weight is 193 g/mol. The van der Waals surface area contributed by atoms with Crippen molar-refractivity contribution in [3.8, 4) is 0 Å². The molecule has 2 aliphatic rings. The number of hydrogen-bond acceptors (Lipinski definition) is 5. The summed E-state index contributed by atoms with van der Waals surface area (Å²) in [5.41, 5.74) is 5.40. The van der Waals surface area contributed by atoms with Crippen LogP contribution in [0.4, 0.5) is 0 Å². The molecule has 5 heteroatoms. The fourth-order valence-electron chi connectivity index (χ4n) is 1.79. The van der Waals surface area contributed by atoms with Gasteiger partial charge in [0.25, 0.3) is 0 Å². The van der Waals surface area contributed by atoms with Gasteiger partial charge in [0, 0.05) is 12.5 Å². The van der Waals surface area contributed by atoms with Crippen LogP contribution in [0.15, 0.2) is 21.5 Å². The molecule has 0 aliphatic carbocycles. The lowest BCUT2D eigenvalue weighted by molar-refractivity contribution is 0.141. The van der Waals surface area contributed by atoms with E-state index in [4.69, 9.17) is 0 Å². The van der Waals surface area contributed by atoms with Crippen molar-refractivity contribution in [1.29, 1.82) is 0 Å². The van der Waals surface area contributed by atoms with E-state index in [0.717, 1.165) is 5.70 Å². The summed E-state index contributed by atoms with van der Waals surface area (Å²) < 4.78 is 0. The van der Waals surface area contributed by atoms with Gasteiger partial charge in [-0.25, -0.2) is 4.99 Å². The molecular weight excluding hydrogens is 178 g/mol. The third-order valence-electron chi connectivity index (χ3n) is 2.19. The summed E-state index contributed by atoms with van der Waals surface area (Å²) in [5, 5.41) is 7.81. The fraction of sp³-hybridized carbons (Fsp3) is 0.556. The number of hydrazone groups is 1. The predicted molar refractivity (Wildman–Crippen MR) is 56.2 cm³/mol. The molecule has 0 aromatic carbocycles. The number of hydrazine groups is 2. The minimum Gasteiger partial charge on any atom is -0.294 e. The fourth-order valence-corrected chi connectivity index (χ4v) is 1.79. The Hall–Kier alpha value is -1.36. The van der Waals surface area contributed by atoms with E-state index in [9.17, 15) is 0 Å². The Balaban J connectivity index is 2.46. The van der Waals surface area contributed by atoms with Crippen LogP contribution in [-0.2, 0) is 0 Å². The highest BCUT2D eigenvalue weighted by atomic mass is 15.9. The van der Waals surface area contributed by atoms with E-state index in [1.807, 2.05) is 18.3 Å². The number of hydrogen-bond donors (Lipinski definition) is 1. The zero-order valence-electron chi connectivity index (χ0n) is 8.94. The number of fused-ring (bicyclic) bond motifs is 1. The largest absolute Gasteiger partial charge is 0.294 e. The molecule has 14 heavy (non-hydrogen) atoms. The third kappa shape index (κ3) is 1.29.